The minimum atomic E-state index is -3.59. The Kier molecular flexibility index (Phi) is 5.93. The molecular weight excluding hydrogens is 380 g/mol. The van der Waals surface area contributed by atoms with Crippen molar-refractivity contribution in [1.82, 2.24) is 5.32 Å². The van der Waals surface area contributed by atoms with E-state index in [2.05, 4.69) is 10.0 Å². The molecule has 0 aliphatic rings. The SMILES string of the molecule is CC[C@H](NC(=O)c1ccc(NS(=O)(=O)c2cccs2)cc1)c1ccccc1. The van der Waals surface area contributed by atoms with Crippen LogP contribution in [0.4, 0.5) is 5.69 Å². The van der Waals surface area contributed by atoms with Crippen molar-refractivity contribution in [3.63, 3.8) is 0 Å². The van der Waals surface area contributed by atoms with Crippen LogP contribution in [0.3, 0.4) is 0 Å². The van der Waals surface area contributed by atoms with Crippen molar-refractivity contribution < 1.29 is 13.2 Å². The van der Waals surface area contributed by atoms with Crippen LogP contribution in [0.1, 0.15) is 35.3 Å². The Morgan fingerprint density at radius 2 is 1.70 bits per heavy atom. The number of anilines is 1. The van der Waals surface area contributed by atoms with E-state index in [1.54, 1.807) is 41.8 Å². The van der Waals surface area contributed by atoms with Gasteiger partial charge >= 0.3 is 0 Å². The van der Waals surface area contributed by atoms with Crippen molar-refractivity contribution in [1.29, 1.82) is 0 Å². The Hall–Kier alpha value is -2.64. The van der Waals surface area contributed by atoms with Gasteiger partial charge in [-0.25, -0.2) is 8.42 Å². The maximum atomic E-state index is 12.5. The Morgan fingerprint density at radius 1 is 1.00 bits per heavy atom. The second kappa shape index (κ2) is 8.37. The summed E-state index contributed by atoms with van der Waals surface area (Å²) >= 11 is 1.15. The maximum Gasteiger partial charge on any atom is 0.271 e. The van der Waals surface area contributed by atoms with Crippen LogP contribution in [-0.2, 0) is 10.0 Å². The van der Waals surface area contributed by atoms with Gasteiger partial charge < -0.3 is 5.32 Å². The molecule has 0 saturated carbocycles. The summed E-state index contributed by atoms with van der Waals surface area (Å²) in [5, 5.41) is 4.72. The average molecular weight is 401 g/mol. The molecule has 5 nitrogen and oxygen atoms in total. The quantitative estimate of drug-likeness (QED) is 0.616. The van der Waals surface area contributed by atoms with E-state index in [4.69, 9.17) is 0 Å². The minimum absolute atomic E-state index is 0.0734. The van der Waals surface area contributed by atoms with Gasteiger partial charge in [0, 0.05) is 11.3 Å². The maximum absolute atomic E-state index is 12.5. The van der Waals surface area contributed by atoms with Gasteiger partial charge in [0.1, 0.15) is 4.21 Å². The van der Waals surface area contributed by atoms with Crippen LogP contribution in [0.2, 0.25) is 0 Å². The molecule has 0 aliphatic heterocycles. The highest BCUT2D eigenvalue weighted by molar-refractivity contribution is 7.94. The first kappa shape index (κ1) is 19.1. The van der Waals surface area contributed by atoms with Crippen LogP contribution in [0.5, 0.6) is 0 Å². The molecule has 0 unspecified atom stereocenters. The zero-order valence-electron chi connectivity index (χ0n) is 14.8. The van der Waals surface area contributed by atoms with Crippen LogP contribution < -0.4 is 10.0 Å². The predicted octanol–water partition coefficient (Wildman–Crippen LogP) is 4.43. The third-order valence-corrected chi connectivity index (χ3v) is 6.85. The Balaban J connectivity index is 1.69. The van der Waals surface area contributed by atoms with Crippen LogP contribution in [0, 0.1) is 0 Å². The lowest BCUT2D eigenvalue weighted by Crippen LogP contribution is -2.28. The normalized spacial score (nSPS) is 12.3. The summed E-state index contributed by atoms with van der Waals surface area (Å²) in [6.45, 7) is 2.01. The highest BCUT2D eigenvalue weighted by Gasteiger charge is 2.16. The Labute approximate surface area is 163 Å². The number of rotatable bonds is 7. The standard InChI is InChI=1S/C20H20N2O3S2/c1-2-18(15-7-4-3-5-8-15)21-20(23)16-10-12-17(13-11-16)22-27(24,25)19-9-6-14-26-19/h3-14,18,22H,2H2,1H3,(H,21,23)/t18-/m0/s1. The summed E-state index contributed by atoms with van der Waals surface area (Å²) in [7, 11) is -3.59. The number of benzene rings is 2. The van der Waals surface area contributed by atoms with Gasteiger partial charge in [-0.3, -0.25) is 9.52 Å². The van der Waals surface area contributed by atoms with Gasteiger partial charge in [0.05, 0.1) is 6.04 Å². The molecule has 3 rings (SSSR count). The molecule has 0 bridgehead atoms. The zero-order valence-corrected chi connectivity index (χ0v) is 16.4. The Bertz CT molecular complexity index is 983. The van der Waals surface area contributed by atoms with Gasteiger partial charge in [0.15, 0.2) is 0 Å². The highest BCUT2D eigenvalue weighted by atomic mass is 32.2. The summed E-state index contributed by atoms with van der Waals surface area (Å²) in [5.41, 5.74) is 1.94. The molecule has 1 atom stereocenters. The molecule has 3 aromatic rings. The van der Waals surface area contributed by atoms with Crippen molar-refractivity contribution in [3.05, 3.63) is 83.2 Å². The molecule has 7 heteroatoms. The van der Waals surface area contributed by atoms with Gasteiger partial charge in [-0.1, -0.05) is 43.3 Å². The summed E-state index contributed by atoms with van der Waals surface area (Å²) in [5.74, 6) is -0.196. The number of carbonyl (C=O) groups is 1. The second-order valence-electron chi connectivity index (χ2n) is 5.96. The van der Waals surface area contributed by atoms with E-state index in [0.717, 1.165) is 23.3 Å². The highest BCUT2D eigenvalue weighted by Crippen LogP contribution is 2.21. The zero-order chi connectivity index (χ0) is 19.3. The van der Waals surface area contributed by atoms with Gasteiger partial charge in [0.2, 0.25) is 0 Å². The predicted molar refractivity (Wildman–Crippen MR) is 109 cm³/mol. The smallest absolute Gasteiger partial charge is 0.271 e. The van der Waals surface area contributed by atoms with E-state index in [0.29, 0.717) is 11.3 Å². The Morgan fingerprint density at radius 3 is 2.30 bits per heavy atom. The molecule has 2 aromatic carbocycles. The monoisotopic (exact) mass is 400 g/mol. The molecule has 0 radical (unpaired) electrons. The average Bonchev–Trinajstić information content (AvgIpc) is 3.23. The van der Waals surface area contributed by atoms with E-state index in [9.17, 15) is 13.2 Å². The van der Waals surface area contributed by atoms with Gasteiger partial charge in [-0.15, -0.1) is 11.3 Å². The summed E-state index contributed by atoms with van der Waals surface area (Å²) < 4.78 is 27.2. The molecule has 0 aliphatic carbocycles. The number of nitrogens with one attached hydrogen (secondary N) is 2. The first-order chi connectivity index (χ1) is 13.0. The van der Waals surface area contributed by atoms with Crippen LogP contribution in [0.25, 0.3) is 0 Å². The number of hydrogen-bond acceptors (Lipinski definition) is 4. The number of hydrogen-bond donors (Lipinski definition) is 2. The van der Waals surface area contributed by atoms with Crippen molar-refractivity contribution in [2.24, 2.45) is 0 Å². The lowest BCUT2D eigenvalue weighted by molar-refractivity contribution is 0.0935. The minimum Gasteiger partial charge on any atom is -0.345 e. The molecular formula is C20H20N2O3S2. The number of carbonyl (C=O) groups excluding carboxylic acids is 1. The van der Waals surface area contributed by atoms with Crippen LogP contribution >= 0.6 is 11.3 Å². The first-order valence-corrected chi connectivity index (χ1v) is 10.9. The third kappa shape index (κ3) is 4.75. The van der Waals surface area contributed by atoms with Crippen molar-refractivity contribution in [2.75, 3.05) is 4.72 Å². The van der Waals surface area contributed by atoms with E-state index in [-0.39, 0.29) is 16.2 Å². The van der Waals surface area contributed by atoms with Crippen LogP contribution in [-0.4, -0.2) is 14.3 Å². The molecule has 0 spiro atoms. The van der Waals surface area contributed by atoms with Gasteiger partial charge in [-0.2, -0.15) is 0 Å². The molecule has 140 valence electrons. The lowest BCUT2D eigenvalue weighted by atomic mass is 10.0. The van der Waals surface area contributed by atoms with E-state index in [1.165, 1.54) is 0 Å². The molecule has 0 saturated heterocycles. The first-order valence-electron chi connectivity index (χ1n) is 8.52. The molecule has 1 heterocycles. The molecule has 27 heavy (non-hydrogen) atoms. The van der Waals surface area contributed by atoms with Crippen molar-refractivity contribution in [3.8, 4) is 0 Å². The topological polar surface area (TPSA) is 75.3 Å². The summed E-state index contributed by atoms with van der Waals surface area (Å²) in [6, 6.07) is 19.3. The van der Waals surface area contributed by atoms with Crippen molar-refractivity contribution >= 4 is 33.0 Å². The number of amides is 1. The fourth-order valence-corrected chi connectivity index (χ4v) is 4.71. The van der Waals surface area contributed by atoms with Gasteiger partial charge in [0.25, 0.3) is 15.9 Å². The largest absolute Gasteiger partial charge is 0.345 e. The van der Waals surface area contributed by atoms with Gasteiger partial charge in [-0.05, 0) is 47.7 Å². The van der Waals surface area contributed by atoms with E-state index >= 15 is 0 Å². The van der Waals surface area contributed by atoms with E-state index < -0.39 is 10.0 Å². The molecule has 2 N–H and O–H groups in total. The third-order valence-electron chi connectivity index (χ3n) is 4.07. The number of thiophene rings is 1. The van der Waals surface area contributed by atoms with E-state index in [1.807, 2.05) is 37.3 Å². The molecule has 0 fully saturated rings. The van der Waals surface area contributed by atoms with Crippen LogP contribution in [0.15, 0.2) is 76.3 Å². The van der Waals surface area contributed by atoms with Crippen molar-refractivity contribution in [2.45, 2.75) is 23.6 Å². The fourth-order valence-electron chi connectivity index (χ4n) is 2.66. The molecule has 1 amide bonds. The fraction of sp³-hybridized carbons (Fsp3) is 0.150. The molecule has 1 aromatic heterocycles. The lowest BCUT2D eigenvalue weighted by Gasteiger charge is -2.17. The summed E-state index contributed by atoms with van der Waals surface area (Å²) in [4.78, 5) is 12.5. The second-order valence-corrected chi connectivity index (χ2v) is 8.82. The number of sulfonamides is 1. The summed E-state index contributed by atoms with van der Waals surface area (Å²) in [6.07, 6.45) is 0.772.